The smallest absolute Gasteiger partial charge is 0.174 e. The summed E-state index contributed by atoms with van der Waals surface area (Å²) in [7, 11) is 0. The van der Waals surface area contributed by atoms with E-state index in [0.29, 0.717) is 16.8 Å². The number of ketones is 6. The molecule has 0 aliphatic rings. The van der Waals surface area contributed by atoms with Gasteiger partial charge in [0.1, 0.15) is 0 Å². The first kappa shape index (κ1) is 54.2. The monoisotopic (exact) mass is 853 g/mol. The van der Waals surface area contributed by atoms with Crippen molar-refractivity contribution < 1.29 is 46.3 Å². The van der Waals surface area contributed by atoms with Crippen LogP contribution in [0.3, 0.4) is 0 Å². The lowest BCUT2D eigenvalue weighted by atomic mass is 9.80. The first-order valence-corrected chi connectivity index (χ1v) is 20.2. The lowest BCUT2D eigenvalue weighted by Gasteiger charge is -2.22. The van der Waals surface area contributed by atoms with Gasteiger partial charge in [0.15, 0.2) is 58.0 Å². The molecule has 0 aromatic heterocycles. The zero-order valence-corrected chi connectivity index (χ0v) is 39.9. The van der Waals surface area contributed by atoms with Gasteiger partial charge in [-0.3, -0.25) is 28.8 Å². The van der Waals surface area contributed by atoms with Crippen molar-refractivity contribution in [2.75, 3.05) is 5.73 Å². The Morgan fingerprint density at radius 3 is 0.852 bits per heavy atom. The summed E-state index contributed by atoms with van der Waals surface area (Å²) in [4.78, 5) is 73.2. The molecule has 0 fully saturated rings. The summed E-state index contributed by atoms with van der Waals surface area (Å²) in [6, 6.07) is 8.67. The maximum Gasteiger partial charge on any atom is 0.174 e. The first-order chi connectivity index (χ1) is 27.0. The van der Waals surface area contributed by atoms with Crippen LogP contribution in [-0.4, -0.2) is 34.7 Å². The molecule has 61 heavy (non-hydrogen) atoms. The molecule has 0 aliphatic carbocycles. The number of hydrogen-bond acceptors (Lipinski definition) is 7. The fourth-order valence-electron chi connectivity index (χ4n) is 5.64. The number of nitrogens with two attached hydrogens (primary N) is 1. The highest BCUT2D eigenvalue weighted by Crippen LogP contribution is 2.34. The molecule has 0 aliphatic heterocycles. The summed E-state index contributed by atoms with van der Waals surface area (Å²) in [5, 5.41) is 0. The van der Waals surface area contributed by atoms with E-state index in [2.05, 4.69) is 0 Å². The Bertz CT molecular complexity index is 2090. The van der Waals surface area contributed by atoms with Crippen LogP contribution in [0.4, 0.5) is 23.2 Å². The highest BCUT2D eigenvalue weighted by atomic mass is 19.2. The molecule has 2 N–H and O–H groups in total. The van der Waals surface area contributed by atoms with E-state index in [1.165, 1.54) is 41.5 Å². The quantitative estimate of drug-likeness (QED) is 0.113. The predicted octanol–water partition coefficient (Wildman–Crippen LogP) is 13.2. The Kier molecular flexibility index (Phi) is 16.6. The number of halogens is 4. The van der Waals surface area contributed by atoms with Gasteiger partial charge in [-0.2, -0.15) is 0 Å². The summed E-state index contributed by atoms with van der Waals surface area (Å²) in [6.45, 7) is 34.6. The van der Waals surface area contributed by atoms with Crippen molar-refractivity contribution in [3.63, 3.8) is 0 Å². The summed E-state index contributed by atoms with van der Waals surface area (Å²) in [5.74, 6) is -9.30. The Morgan fingerprint density at radius 2 is 0.623 bits per heavy atom. The zero-order chi connectivity index (χ0) is 48.5. The average Bonchev–Trinajstić information content (AvgIpc) is 3.08. The minimum absolute atomic E-state index is 0.0141. The van der Waals surface area contributed by atoms with Crippen LogP contribution < -0.4 is 5.73 Å². The van der Waals surface area contributed by atoms with E-state index in [4.69, 9.17) is 5.73 Å². The molecule has 0 saturated carbocycles. The molecule has 3 aromatic carbocycles. The normalized spacial score (nSPS) is 12.4. The van der Waals surface area contributed by atoms with Crippen LogP contribution in [0, 0.1) is 69.6 Å². The molecule has 0 heterocycles. The predicted molar refractivity (Wildman–Crippen MR) is 236 cm³/mol. The number of benzene rings is 3. The van der Waals surface area contributed by atoms with Crippen LogP contribution in [0.15, 0.2) is 30.3 Å². The Morgan fingerprint density at radius 1 is 0.377 bits per heavy atom. The van der Waals surface area contributed by atoms with E-state index in [1.807, 2.05) is 109 Å². The minimum Gasteiger partial charge on any atom is -0.398 e. The number of rotatable bonds is 6. The summed E-state index contributed by atoms with van der Waals surface area (Å²) >= 11 is 0. The van der Waals surface area contributed by atoms with Crippen molar-refractivity contribution >= 4 is 40.4 Å². The molecule has 0 unspecified atom stereocenters. The molecule has 0 saturated heterocycles. The van der Waals surface area contributed by atoms with Crippen LogP contribution in [0.5, 0.6) is 0 Å². The van der Waals surface area contributed by atoms with Gasteiger partial charge in [-0.05, 0) is 49.2 Å². The number of carbonyl (C=O) groups excluding carboxylic acids is 6. The molecule has 11 heteroatoms. The van der Waals surface area contributed by atoms with Gasteiger partial charge in [0.05, 0.1) is 11.1 Å². The van der Waals surface area contributed by atoms with E-state index < -0.39 is 78.5 Å². The molecule has 0 amide bonds. The fourth-order valence-corrected chi connectivity index (χ4v) is 5.64. The number of carbonyl (C=O) groups is 6. The molecule has 3 aromatic rings. The van der Waals surface area contributed by atoms with Crippen LogP contribution in [0.1, 0.15) is 198 Å². The molecule has 336 valence electrons. The molecular weight excluding hydrogens is 787 g/mol. The molecule has 3 rings (SSSR count). The number of nitrogen functional groups attached to an aromatic ring is 1. The van der Waals surface area contributed by atoms with Gasteiger partial charge in [-0.1, -0.05) is 131 Å². The van der Waals surface area contributed by atoms with E-state index in [9.17, 15) is 46.3 Å². The second-order valence-electron chi connectivity index (χ2n) is 21.8. The number of anilines is 1. The summed E-state index contributed by atoms with van der Waals surface area (Å²) in [6.07, 6.45) is 0. The topological polar surface area (TPSA) is 128 Å². The second-order valence-corrected chi connectivity index (χ2v) is 21.8. The van der Waals surface area contributed by atoms with Crippen LogP contribution in [0.25, 0.3) is 0 Å². The van der Waals surface area contributed by atoms with Crippen molar-refractivity contribution in [2.45, 2.75) is 138 Å². The van der Waals surface area contributed by atoms with Crippen molar-refractivity contribution in [3.8, 4) is 0 Å². The number of aryl methyl sites for hydroxylation is 2. The van der Waals surface area contributed by atoms with Crippen molar-refractivity contribution in [3.05, 3.63) is 98.1 Å². The number of hydrogen-bond donors (Lipinski definition) is 1. The highest BCUT2D eigenvalue weighted by molar-refractivity contribution is 6.07. The third-order valence-electron chi connectivity index (χ3n) is 9.42. The van der Waals surface area contributed by atoms with Gasteiger partial charge in [0.25, 0.3) is 0 Å². The molecule has 0 bridgehead atoms. The van der Waals surface area contributed by atoms with Crippen LogP contribution in [0.2, 0.25) is 0 Å². The van der Waals surface area contributed by atoms with Gasteiger partial charge in [0.2, 0.25) is 0 Å². The third-order valence-corrected chi connectivity index (χ3v) is 9.42. The minimum atomic E-state index is -1.84. The largest absolute Gasteiger partial charge is 0.398 e. The third kappa shape index (κ3) is 13.3. The van der Waals surface area contributed by atoms with Gasteiger partial charge in [-0.25, -0.2) is 17.6 Å². The maximum absolute atomic E-state index is 14.1. The van der Waals surface area contributed by atoms with Gasteiger partial charge >= 0.3 is 0 Å². The van der Waals surface area contributed by atoms with Gasteiger partial charge in [-0.15, -0.1) is 0 Å². The Hall–Kier alpha value is -4.80. The van der Waals surface area contributed by atoms with Crippen LogP contribution in [-0.2, 0) is 0 Å². The van der Waals surface area contributed by atoms with E-state index in [0.717, 1.165) is 22.3 Å². The highest BCUT2D eigenvalue weighted by Gasteiger charge is 2.38. The lowest BCUT2D eigenvalue weighted by molar-refractivity contribution is 0.0828. The summed E-state index contributed by atoms with van der Waals surface area (Å²) < 4.78 is 56.3. The van der Waals surface area contributed by atoms with E-state index >= 15 is 0 Å². The van der Waals surface area contributed by atoms with Crippen LogP contribution >= 0.6 is 0 Å². The molecule has 0 spiro atoms. The number of Topliss-reactive ketones (excluding diaryl/α,β-unsaturated/α-hetero) is 6. The summed E-state index contributed by atoms with van der Waals surface area (Å²) in [5.41, 5.74) is 3.70. The Balaban J connectivity index is 0.000000459. The van der Waals surface area contributed by atoms with Crippen molar-refractivity contribution in [1.82, 2.24) is 0 Å². The fraction of sp³-hybridized carbons (Fsp3) is 0.520. The zero-order valence-electron chi connectivity index (χ0n) is 39.9. The molecule has 7 nitrogen and oxygen atoms in total. The van der Waals surface area contributed by atoms with Crippen molar-refractivity contribution in [1.29, 1.82) is 0 Å². The molecule has 0 radical (unpaired) electrons. The maximum atomic E-state index is 14.1. The van der Waals surface area contributed by atoms with E-state index in [1.54, 1.807) is 18.2 Å². The Labute approximate surface area is 360 Å². The first-order valence-electron chi connectivity index (χ1n) is 20.2. The van der Waals surface area contributed by atoms with Gasteiger partial charge in [0, 0.05) is 60.4 Å². The SMILES string of the molecule is CC(C)(C)C(=O)c1c(F)c(F)c(C(=O)C(C)(C)C)c(F)c1F.CC(C)(C)C(=O)c1ccc(C(=O)C(C)(C)C)c(N)c1.Cc1cc(C(=O)C(C)(C)C)c(C)cc1C(=O)C(C)(C)C. The van der Waals surface area contributed by atoms with Crippen molar-refractivity contribution in [2.24, 2.45) is 32.5 Å². The molecule has 0 atom stereocenters. The average molecular weight is 854 g/mol. The van der Waals surface area contributed by atoms with Gasteiger partial charge < -0.3 is 5.73 Å². The van der Waals surface area contributed by atoms with E-state index in [-0.39, 0.29) is 23.1 Å². The second kappa shape index (κ2) is 18.7. The standard InChI is InChI=1S/C18H26O2.C16H18F4O2.C16H23NO2/c1-11-9-14(16(20)18(6,7)8)12(2)10-13(11)15(19)17(3,4)5;1-15(2,3)13(21)7-9(17)11(19)8(12(20)10(7)18)14(22)16(4,5)6;1-15(2,3)13(18)10-7-8-11(12(17)9-10)14(19)16(4,5)6/h9-10H,1-8H3;1-6H3;7-9H,17H2,1-6H3. The lowest BCUT2D eigenvalue weighted by Crippen LogP contribution is -2.28. The molecular formula is C50H67F4NO6.